The molecule has 1 atom stereocenters. The summed E-state index contributed by atoms with van der Waals surface area (Å²) in [5.41, 5.74) is 2.03. The first-order valence-electron chi connectivity index (χ1n) is 6.51. The van der Waals surface area contributed by atoms with Crippen molar-refractivity contribution < 1.29 is 0 Å². The van der Waals surface area contributed by atoms with Gasteiger partial charge in [-0.05, 0) is 34.0 Å². The highest BCUT2D eigenvalue weighted by Crippen LogP contribution is 2.20. The fourth-order valence-electron chi connectivity index (χ4n) is 2.13. The number of likely N-dealkylation sites (N-methyl/N-ethyl adjacent to an activating group) is 1. The van der Waals surface area contributed by atoms with Gasteiger partial charge in [-0.15, -0.1) is 0 Å². The standard InChI is InChI=1S/C13H25ClN4/c1-6-7-15-11(9-17(3)4)8-12-13(14)10(2)16-18(12)5/h11,15H,6-9H2,1-5H3. The SMILES string of the molecule is CCCNC(Cc1c(Cl)c(C)nn1C)CN(C)C. The zero-order valence-electron chi connectivity index (χ0n) is 12.1. The van der Waals surface area contributed by atoms with Crippen molar-refractivity contribution in [2.45, 2.75) is 32.7 Å². The molecule has 18 heavy (non-hydrogen) atoms. The molecule has 0 saturated heterocycles. The monoisotopic (exact) mass is 272 g/mol. The van der Waals surface area contributed by atoms with Gasteiger partial charge in [0.1, 0.15) is 0 Å². The Morgan fingerprint density at radius 1 is 1.44 bits per heavy atom. The highest BCUT2D eigenvalue weighted by atomic mass is 35.5. The van der Waals surface area contributed by atoms with E-state index in [9.17, 15) is 0 Å². The van der Waals surface area contributed by atoms with Gasteiger partial charge in [0.2, 0.25) is 0 Å². The largest absolute Gasteiger partial charge is 0.312 e. The molecule has 0 saturated carbocycles. The highest BCUT2D eigenvalue weighted by molar-refractivity contribution is 6.31. The fourth-order valence-corrected chi connectivity index (χ4v) is 2.36. The third-order valence-electron chi connectivity index (χ3n) is 2.97. The molecule has 4 nitrogen and oxygen atoms in total. The third kappa shape index (κ3) is 4.26. The lowest BCUT2D eigenvalue weighted by Crippen LogP contribution is -2.40. The minimum Gasteiger partial charge on any atom is -0.312 e. The second-order valence-corrected chi connectivity index (χ2v) is 5.47. The first kappa shape index (κ1) is 15.5. The molecule has 0 amide bonds. The van der Waals surface area contributed by atoms with Crippen LogP contribution >= 0.6 is 11.6 Å². The van der Waals surface area contributed by atoms with E-state index in [0.717, 1.165) is 42.3 Å². The summed E-state index contributed by atoms with van der Waals surface area (Å²) in [6, 6.07) is 0.409. The van der Waals surface area contributed by atoms with Crippen LogP contribution < -0.4 is 5.32 Å². The predicted octanol–water partition coefficient (Wildman–Crippen LogP) is 1.85. The van der Waals surface area contributed by atoms with Crippen LogP contribution in [0.2, 0.25) is 5.02 Å². The van der Waals surface area contributed by atoms with Crippen LogP contribution in [0.25, 0.3) is 0 Å². The lowest BCUT2D eigenvalue weighted by molar-refractivity contribution is 0.333. The molecule has 0 spiro atoms. The van der Waals surface area contributed by atoms with Crippen LogP contribution in [-0.2, 0) is 13.5 Å². The van der Waals surface area contributed by atoms with Crippen LogP contribution in [0.5, 0.6) is 0 Å². The van der Waals surface area contributed by atoms with Crippen molar-refractivity contribution in [2.75, 3.05) is 27.2 Å². The zero-order chi connectivity index (χ0) is 13.7. The van der Waals surface area contributed by atoms with E-state index in [1.165, 1.54) is 0 Å². The first-order valence-corrected chi connectivity index (χ1v) is 6.89. The summed E-state index contributed by atoms with van der Waals surface area (Å²) in [7, 11) is 6.15. The summed E-state index contributed by atoms with van der Waals surface area (Å²) in [5, 5.41) is 8.74. The Balaban J connectivity index is 2.74. The van der Waals surface area contributed by atoms with Crippen molar-refractivity contribution in [1.29, 1.82) is 0 Å². The van der Waals surface area contributed by atoms with Crippen LogP contribution in [0.3, 0.4) is 0 Å². The van der Waals surface area contributed by atoms with E-state index in [2.05, 4.69) is 36.3 Å². The molecule has 1 N–H and O–H groups in total. The van der Waals surface area contributed by atoms with E-state index in [-0.39, 0.29) is 0 Å². The molecule has 0 aliphatic heterocycles. The molecule has 104 valence electrons. The number of hydrogen-bond donors (Lipinski definition) is 1. The molecule has 0 aliphatic carbocycles. The topological polar surface area (TPSA) is 33.1 Å². The van der Waals surface area contributed by atoms with E-state index in [4.69, 9.17) is 11.6 Å². The van der Waals surface area contributed by atoms with E-state index < -0.39 is 0 Å². The van der Waals surface area contributed by atoms with Gasteiger partial charge in [-0.1, -0.05) is 18.5 Å². The lowest BCUT2D eigenvalue weighted by Gasteiger charge is -2.22. The normalized spacial score (nSPS) is 13.3. The number of nitrogens with zero attached hydrogens (tertiary/aromatic N) is 3. The minimum atomic E-state index is 0.409. The minimum absolute atomic E-state index is 0.409. The summed E-state index contributed by atoms with van der Waals surface area (Å²) in [4.78, 5) is 2.20. The molecule has 1 aromatic rings. The van der Waals surface area contributed by atoms with Gasteiger partial charge < -0.3 is 10.2 Å². The number of aryl methyl sites for hydroxylation is 2. The molecule has 1 aromatic heterocycles. The zero-order valence-corrected chi connectivity index (χ0v) is 12.9. The molecular formula is C13H25ClN4. The van der Waals surface area contributed by atoms with Crippen LogP contribution in [0, 0.1) is 6.92 Å². The maximum Gasteiger partial charge on any atom is 0.0847 e. The molecule has 1 rings (SSSR count). The Labute approximate surface area is 115 Å². The molecule has 0 aromatic carbocycles. The Morgan fingerprint density at radius 2 is 2.11 bits per heavy atom. The Bertz CT molecular complexity index is 373. The fraction of sp³-hybridized carbons (Fsp3) is 0.769. The number of aromatic nitrogens is 2. The number of hydrogen-bond acceptors (Lipinski definition) is 3. The summed E-state index contributed by atoms with van der Waals surface area (Å²) in [6.45, 7) is 6.17. The summed E-state index contributed by atoms with van der Waals surface area (Å²) in [5.74, 6) is 0. The molecule has 0 radical (unpaired) electrons. The second kappa shape index (κ2) is 7.12. The van der Waals surface area contributed by atoms with E-state index in [1.54, 1.807) is 0 Å². The summed E-state index contributed by atoms with van der Waals surface area (Å²) in [6.07, 6.45) is 2.05. The maximum atomic E-state index is 6.30. The second-order valence-electron chi connectivity index (χ2n) is 5.09. The smallest absolute Gasteiger partial charge is 0.0847 e. The first-order chi connectivity index (χ1) is 8.45. The molecule has 1 unspecified atom stereocenters. The van der Waals surface area contributed by atoms with Gasteiger partial charge in [0.05, 0.1) is 16.4 Å². The van der Waals surface area contributed by atoms with Crippen LogP contribution in [0.1, 0.15) is 24.7 Å². The van der Waals surface area contributed by atoms with Crippen LogP contribution in [-0.4, -0.2) is 47.9 Å². The predicted molar refractivity (Wildman–Crippen MR) is 77.3 cm³/mol. The van der Waals surface area contributed by atoms with Gasteiger partial charge in [0, 0.05) is 26.1 Å². The van der Waals surface area contributed by atoms with E-state index in [0.29, 0.717) is 6.04 Å². The van der Waals surface area contributed by atoms with Gasteiger partial charge in [0.15, 0.2) is 0 Å². The van der Waals surface area contributed by atoms with E-state index in [1.807, 2.05) is 18.7 Å². The molecule has 0 bridgehead atoms. The van der Waals surface area contributed by atoms with Crippen molar-refractivity contribution in [3.8, 4) is 0 Å². The summed E-state index contributed by atoms with van der Waals surface area (Å²) >= 11 is 6.30. The van der Waals surface area contributed by atoms with Crippen molar-refractivity contribution in [2.24, 2.45) is 7.05 Å². The van der Waals surface area contributed by atoms with Gasteiger partial charge in [-0.25, -0.2) is 0 Å². The van der Waals surface area contributed by atoms with Crippen LogP contribution in [0.4, 0.5) is 0 Å². The molecule has 5 heteroatoms. The maximum absolute atomic E-state index is 6.30. The Hall–Kier alpha value is -0.580. The van der Waals surface area contributed by atoms with Gasteiger partial charge in [-0.2, -0.15) is 5.10 Å². The number of rotatable bonds is 7. The average Bonchev–Trinajstić information content (AvgIpc) is 2.52. The van der Waals surface area contributed by atoms with Gasteiger partial charge in [-0.3, -0.25) is 4.68 Å². The highest BCUT2D eigenvalue weighted by Gasteiger charge is 2.17. The van der Waals surface area contributed by atoms with Crippen molar-refractivity contribution in [1.82, 2.24) is 20.0 Å². The van der Waals surface area contributed by atoms with Crippen LogP contribution in [0.15, 0.2) is 0 Å². The molecule has 0 aliphatic rings. The van der Waals surface area contributed by atoms with Crippen molar-refractivity contribution in [3.63, 3.8) is 0 Å². The van der Waals surface area contributed by atoms with Crippen molar-refractivity contribution >= 4 is 11.6 Å². The molecular weight excluding hydrogens is 248 g/mol. The Morgan fingerprint density at radius 3 is 2.56 bits per heavy atom. The third-order valence-corrected chi connectivity index (χ3v) is 3.46. The number of halogens is 1. The molecule has 0 fully saturated rings. The van der Waals surface area contributed by atoms with Gasteiger partial charge >= 0.3 is 0 Å². The van der Waals surface area contributed by atoms with E-state index >= 15 is 0 Å². The Kier molecular flexibility index (Phi) is 6.12. The average molecular weight is 273 g/mol. The van der Waals surface area contributed by atoms with Gasteiger partial charge in [0.25, 0.3) is 0 Å². The quantitative estimate of drug-likeness (QED) is 0.822. The lowest BCUT2D eigenvalue weighted by atomic mass is 10.1. The number of nitrogens with one attached hydrogen (secondary N) is 1. The molecule has 1 heterocycles. The summed E-state index contributed by atoms with van der Waals surface area (Å²) < 4.78 is 1.90. The van der Waals surface area contributed by atoms with Crippen molar-refractivity contribution in [3.05, 3.63) is 16.4 Å².